The van der Waals surface area contributed by atoms with Gasteiger partial charge in [0.05, 0.1) is 0 Å². The summed E-state index contributed by atoms with van der Waals surface area (Å²) in [6.45, 7) is 10.5. The summed E-state index contributed by atoms with van der Waals surface area (Å²) < 4.78 is 0. The number of allylic oxidation sites excluding steroid dienone is 2. The van der Waals surface area contributed by atoms with E-state index in [2.05, 4.69) is 35.2 Å². The molecular formula is C16H22N2. The molecule has 96 valence electrons. The highest BCUT2D eigenvalue weighted by molar-refractivity contribution is 5.26. The zero-order valence-corrected chi connectivity index (χ0v) is 11.0. The maximum atomic E-state index is 4.33. The SMILES string of the molecule is C=CCC(C(=C)N1CCCCC1)c1ccncc1. The molecule has 1 aliphatic heterocycles. The highest BCUT2D eigenvalue weighted by Crippen LogP contribution is 2.30. The van der Waals surface area contributed by atoms with Crippen molar-refractivity contribution in [2.24, 2.45) is 0 Å². The van der Waals surface area contributed by atoms with Gasteiger partial charge in [-0.1, -0.05) is 12.7 Å². The second-order valence-electron chi connectivity index (χ2n) is 4.90. The average Bonchev–Trinajstić information content (AvgIpc) is 2.46. The molecule has 0 aromatic carbocycles. The number of aromatic nitrogens is 1. The third kappa shape index (κ3) is 3.00. The maximum absolute atomic E-state index is 4.33. The average molecular weight is 242 g/mol. The van der Waals surface area contributed by atoms with Crippen LogP contribution < -0.4 is 0 Å². The minimum atomic E-state index is 0.351. The van der Waals surface area contributed by atoms with Gasteiger partial charge in [0.15, 0.2) is 0 Å². The fraction of sp³-hybridized carbons (Fsp3) is 0.438. The molecule has 0 N–H and O–H groups in total. The summed E-state index contributed by atoms with van der Waals surface area (Å²) in [6.07, 6.45) is 10.6. The highest BCUT2D eigenvalue weighted by Gasteiger charge is 2.20. The van der Waals surface area contributed by atoms with E-state index in [-0.39, 0.29) is 0 Å². The summed E-state index contributed by atoms with van der Waals surface area (Å²) >= 11 is 0. The predicted molar refractivity (Wildman–Crippen MR) is 76.4 cm³/mol. The minimum absolute atomic E-state index is 0.351. The molecule has 0 bridgehead atoms. The van der Waals surface area contributed by atoms with Crippen LogP contribution in [0.2, 0.25) is 0 Å². The Kier molecular flexibility index (Phi) is 4.57. The Labute approximate surface area is 110 Å². The van der Waals surface area contributed by atoms with E-state index in [0.29, 0.717) is 5.92 Å². The molecule has 0 spiro atoms. The quantitative estimate of drug-likeness (QED) is 0.731. The van der Waals surface area contributed by atoms with E-state index in [4.69, 9.17) is 0 Å². The standard InChI is InChI=1S/C16H22N2/c1-3-7-16(15-8-10-17-11-9-15)14(2)18-12-5-4-6-13-18/h3,8-11,16H,1-2,4-7,12-13H2. The molecule has 0 amide bonds. The zero-order valence-electron chi connectivity index (χ0n) is 11.0. The van der Waals surface area contributed by atoms with Crippen molar-refractivity contribution in [3.63, 3.8) is 0 Å². The molecule has 0 radical (unpaired) electrons. The fourth-order valence-electron chi connectivity index (χ4n) is 2.63. The first kappa shape index (κ1) is 12.9. The molecule has 1 aliphatic rings. The van der Waals surface area contributed by atoms with Crippen LogP contribution in [0.5, 0.6) is 0 Å². The number of hydrogen-bond acceptors (Lipinski definition) is 2. The van der Waals surface area contributed by atoms with Gasteiger partial charge in [-0.15, -0.1) is 6.58 Å². The number of rotatable bonds is 5. The number of nitrogens with zero attached hydrogens (tertiary/aromatic N) is 2. The summed E-state index contributed by atoms with van der Waals surface area (Å²) in [4.78, 5) is 6.53. The van der Waals surface area contributed by atoms with E-state index < -0.39 is 0 Å². The molecule has 1 fully saturated rings. The third-order valence-corrected chi connectivity index (χ3v) is 3.68. The second-order valence-corrected chi connectivity index (χ2v) is 4.90. The van der Waals surface area contributed by atoms with Crippen molar-refractivity contribution in [2.45, 2.75) is 31.6 Å². The molecule has 2 nitrogen and oxygen atoms in total. The summed E-state index contributed by atoms with van der Waals surface area (Å²) in [6, 6.07) is 4.17. The van der Waals surface area contributed by atoms with E-state index in [1.54, 1.807) is 0 Å². The van der Waals surface area contributed by atoms with Gasteiger partial charge in [-0.25, -0.2) is 0 Å². The van der Waals surface area contributed by atoms with Crippen LogP contribution in [0.4, 0.5) is 0 Å². The molecule has 1 saturated heterocycles. The van der Waals surface area contributed by atoms with Crippen molar-refractivity contribution in [3.05, 3.63) is 55.0 Å². The van der Waals surface area contributed by atoms with Crippen LogP contribution in [0.3, 0.4) is 0 Å². The van der Waals surface area contributed by atoms with E-state index in [1.807, 2.05) is 18.5 Å². The molecule has 0 aliphatic carbocycles. The van der Waals surface area contributed by atoms with Crippen LogP contribution >= 0.6 is 0 Å². The molecule has 2 heteroatoms. The van der Waals surface area contributed by atoms with E-state index in [9.17, 15) is 0 Å². The van der Waals surface area contributed by atoms with Gasteiger partial charge in [-0.05, 0) is 43.4 Å². The molecular weight excluding hydrogens is 220 g/mol. The van der Waals surface area contributed by atoms with Crippen molar-refractivity contribution < 1.29 is 0 Å². The van der Waals surface area contributed by atoms with Crippen LogP contribution in [-0.2, 0) is 0 Å². The molecule has 2 rings (SSSR count). The normalized spacial score (nSPS) is 17.2. The predicted octanol–water partition coefficient (Wildman–Crippen LogP) is 3.74. The topological polar surface area (TPSA) is 16.1 Å². The van der Waals surface area contributed by atoms with Crippen LogP contribution in [0.25, 0.3) is 0 Å². The maximum Gasteiger partial charge on any atom is 0.0270 e. The van der Waals surface area contributed by atoms with Gasteiger partial charge in [0.25, 0.3) is 0 Å². The Balaban J connectivity index is 2.14. The molecule has 18 heavy (non-hydrogen) atoms. The monoisotopic (exact) mass is 242 g/mol. The zero-order chi connectivity index (χ0) is 12.8. The van der Waals surface area contributed by atoms with Crippen LogP contribution in [-0.4, -0.2) is 23.0 Å². The van der Waals surface area contributed by atoms with Crippen molar-refractivity contribution in [2.75, 3.05) is 13.1 Å². The Bertz CT molecular complexity index is 391. The van der Waals surface area contributed by atoms with Crippen molar-refractivity contribution in [1.29, 1.82) is 0 Å². The Hall–Kier alpha value is -1.57. The summed E-state index contributed by atoms with van der Waals surface area (Å²) in [5.41, 5.74) is 2.53. The number of pyridine rings is 1. The second kappa shape index (κ2) is 6.39. The lowest BCUT2D eigenvalue weighted by Gasteiger charge is -2.34. The van der Waals surface area contributed by atoms with E-state index in [0.717, 1.165) is 19.5 Å². The number of hydrogen-bond donors (Lipinski definition) is 0. The molecule has 0 saturated carbocycles. The minimum Gasteiger partial charge on any atom is -0.375 e. The van der Waals surface area contributed by atoms with Gasteiger partial charge in [0.2, 0.25) is 0 Å². The Morgan fingerprint density at radius 1 is 1.28 bits per heavy atom. The highest BCUT2D eigenvalue weighted by atomic mass is 15.1. The smallest absolute Gasteiger partial charge is 0.0270 e. The lowest BCUT2D eigenvalue weighted by Crippen LogP contribution is -2.31. The lowest BCUT2D eigenvalue weighted by atomic mass is 9.92. The first-order chi connectivity index (χ1) is 8.83. The van der Waals surface area contributed by atoms with Crippen molar-refractivity contribution >= 4 is 0 Å². The van der Waals surface area contributed by atoms with Crippen LogP contribution in [0.15, 0.2) is 49.5 Å². The first-order valence-electron chi connectivity index (χ1n) is 6.77. The van der Waals surface area contributed by atoms with Gasteiger partial charge >= 0.3 is 0 Å². The van der Waals surface area contributed by atoms with E-state index >= 15 is 0 Å². The Morgan fingerprint density at radius 3 is 2.56 bits per heavy atom. The van der Waals surface area contributed by atoms with Crippen molar-refractivity contribution in [3.8, 4) is 0 Å². The first-order valence-corrected chi connectivity index (χ1v) is 6.77. The molecule has 1 aromatic rings. The molecule has 1 aromatic heterocycles. The van der Waals surface area contributed by atoms with Gasteiger partial charge in [0.1, 0.15) is 0 Å². The van der Waals surface area contributed by atoms with Crippen LogP contribution in [0.1, 0.15) is 37.2 Å². The van der Waals surface area contributed by atoms with Gasteiger partial charge in [0, 0.05) is 37.1 Å². The summed E-state index contributed by atoms with van der Waals surface area (Å²) in [5.74, 6) is 0.351. The summed E-state index contributed by atoms with van der Waals surface area (Å²) in [5, 5.41) is 0. The van der Waals surface area contributed by atoms with Crippen LogP contribution in [0, 0.1) is 0 Å². The van der Waals surface area contributed by atoms with E-state index in [1.165, 1.54) is 30.5 Å². The van der Waals surface area contributed by atoms with Gasteiger partial charge in [-0.3, -0.25) is 4.98 Å². The summed E-state index contributed by atoms with van der Waals surface area (Å²) in [7, 11) is 0. The molecule has 2 heterocycles. The number of likely N-dealkylation sites (tertiary alicyclic amines) is 1. The van der Waals surface area contributed by atoms with Gasteiger partial charge < -0.3 is 4.90 Å². The molecule has 1 atom stereocenters. The largest absolute Gasteiger partial charge is 0.375 e. The lowest BCUT2D eigenvalue weighted by molar-refractivity contribution is 0.270. The fourth-order valence-corrected chi connectivity index (χ4v) is 2.63. The number of piperidine rings is 1. The Morgan fingerprint density at radius 2 is 1.94 bits per heavy atom. The molecule has 1 unspecified atom stereocenters. The van der Waals surface area contributed by atoms with Gasteiger partial charge in [-0.2, -0.15) is 0 Å². The third-order valence-electron chi connectivity index (χ3n) is 3.68. The van der Waals surface area contributed by atoms with Crippen molar-refractivity contribution in [1.82, 2.24) is 9.88 Å².